The van der Waals surface area contributed by atoms with Crippen molar-refractivity contribution in [1.29, 1.82) is 0 Å². The van der Waals surface area contributed by atoms with Crippen LogP contribution in [-0.2, 0) is 94.2 Å². The van der Waals surface area contributed by atoms with Gasteiger partial charge in [-0.3, -0.25) is 20.2 Å². The fourth-order valence-corrected chi connectivity index (χ4v) is 14.6. The fourth-order valence-electron chi connectivity index (χ4n) is 13.7. The second kappa shape index (κ2) is 36.4. The molecule has 6 amide bonds. The van der Waals surface area contributed by atoms with E-state index in [0.717, 1.165) is 51.5 Å². The quantitative estimate of drug-likeness (QED) is 0.0626. The van der Waals surface area contributed by atoms with Gasteiger partial charge >= 0.3 is 36.5 Å². The first-order chi connectivity index (χ1) is 57.5. The number of ether oxygens (including phenoxy) is 2. The number of nitrogens with zero attached hydrogens (tertiary/aromatic N) is 11. The molecule has 4 aliphatic rings. The first kappa shape index (κ1) is 92.1. The van der Waals surface area contributed by atoms with E-state index in [1.807, 2.05) is 58.9 Å². The molecular weight excluding hydrogens is 1650 g/mol. The van der Waals surface area contributed by atoms with Gasteiger partial charge < -0.3 is 45.5 Å². The zero-order valence-corrected chi connectivity index (χ0v) is 70.6. The van der Waals surface area contributed by atoms with Crippen LogP contribution in [0.2, 0.25) is 0 Å². The molecule has 123 heavy (non-hydrogen) atoms. The molecule has 0 fully saturated rings. The molecular formula is C83H92F12N18O9S. The van der Waals surface area contributed by atoms with Gasteiger partial charge in [-0.2, -0.15) is 65.5 Å². The molecule has 10 aromatic rings. The van der Waals surface area contributed by atoms with Crippen molar-refractivity contribution in [1.82, 2.24) is 80.7 Å². The van der Waals surface area contributed by atoms with Crippen molar-refractivity contribution in [3.63, 3.8) is 0 Å². The van der Waals surface area contributed by atoms with Gasteiger partial charge in [0, 0.05) is 133 Å². The monoisotopic (exact) mass is 1740 g/mol. The number of carbonyl (C=O) groups is 6. The molecule has 14 rings (SSSR count). The van der Waals surface area contributed by atoms with Crippen molar-refractivity contribution in [3.05, 3.63) is 187 Å². The Morgan fingerprint density at radius 3 is 1.34 bits per heavy atom. The predicted molar refractivity (Wildman–Crippen MR) is 430 cm³/mol. The number of anilines is 2. The topological polar surface area (TPSA) is 319 Å². The maximum Gasteiger partial charge on any atom is 0.416 e. The third-order valence-electron chi connectivity index (χ3n) is 20.3. The highest BCUT2D eigenvalue weighted by molar-refractivity contribution is 7.14. The first-order valence-electron chi connectivity index (χ1n) is 38.8. The molecule has 40 heteroatoms. The summed E-state index contributed by atoms with van der Waals surface area (Å²) in [4.78, 5) is 83.0. The second-order valence-electron chi connectivity index (χ2n) is 33.6. The number of hydrogen-bond acceptors (Lipinski definition) is 18. The summed E-state index contributed by atoms with van der Waals surface area (Å²) < 4.78 is 183. The second-order valence-corrected chi connectivity index (χ2v) is 34.5. The van der Waals surface area contributed by atoms with Crippen LogP contribution in [0.25, 0.3) is 45.0 Å². The minimum Gasteiger partial charge on any atom is -0.376 e. The van der Waals surface area contributed by atoms with Crippen LogP contribution >= 0.6 is 11.3 Å². The fraction of sp³-hybridized carbons (Fsp3) is 0.422. The van der Waals surface area contributed by atoms with Gasteiger partial charge in [-0.1, -0.05) is 88.2 Å². The molecule has 4 aliphatic heterocycles. The molecule has 0 saturated heterocycles. The molecule has 6 aromatic heterocycles. The van der Waals surface area contributed by atoms with Crippen LogP contribution in [-0.4, -0.2) is 150 Å². The van der Waals surface area contributed by atoms with E-state index in [9.17, 15) is 81.5 Å². The number of benzene rings is 4. The van der Waals surface area contributed by atoms with Crippen molar-refractivity contribution < 1.29 is 95.4 Å². The molecule has 0 bridgehead atoms. The molecule has 4 aromatic carbocycles. The van der Waals surface area contributed by atoms with Crippen molar-refractivity contribution in [2.75, 3.05) is 58.1 Å². The highest BCUT2D eigenvalue weighted by Crippen LogP contribution is 2.41. The number of nitrogens with one attached hydrogen (secondary N) is 7. The third kappa shape index (κ3) is 21.0. The number of carbonyl (C=O) groups excluding carboxylic acids is 6. The van der Waals surface area contributed by atoms with Crippen LogP contribution in [0.3, 0.4) is 0 Å². The Hall–Kier alpha value is -11.6. The lowest BCUT2D eigenvalue weighted by Crippen LogP contribution is -2.54. The summed E-state index contributed by atoms with van der Waals surface area (Å²) in [6, 6.07) is 8.74. The Labute approximate surface area is 702 Å². The van der Waals surface area contributed by atoms with Crippen LogP contribution in [0.4, 0.5) is 82.8 Å². The summed E-state index contributed by atoms with van der Waals surface area (Å²) in [6.07, 6.45) is -7.62. The van der Waals surface area contributed by atoms with Gasteiger partial charge in [-0.15, -0.1) is 11.3 Å². The molecule has 0 unspecified atom stereocenters. The third-order valence-corrected chi connectivity index (χ3v) is 21.1. The molecule has 7 N–H and O–H groups in total. The Morgan fingerprint density at radius 2 is 0.919 bits per heavy atom. The molecule has 0 radical (unpaired) electrons. The van der Waals surface area contributed by atoms with Gasteiger partial charge in [0.2, 0.25) is 11.8 Å². The number of likely N-dealkylation sites (N-methyl/N-ethyl adjacent to an activating group) is 3. The summed E-state index contributed by atoms with van der Waals surface area (Å²) in [5.74, 6) is -5.49. The summed E-state index contributed by atoms with van der Waals surface area (Å²) in [5, 5.41) is 42.3. The highest BCUT2D eigenvalue weighted by atomic mass is 32.1. The largest absolute Gasteiger partial charge is 0.416 e. The van der Waals surface area contributed by atoms with E-state index in [1.165, 1.54) is 46.9 Å². The summed E-state index contributed by atoms with van der Waals surface area (Å²) in [5.41, 5.74) is 2.61. The predicted octanol–water partition coefficient (Wildman–Crippen LogP) is 15.5. The number of rotatable bonds is 10. The van der Waals surface area contributed by atoms with E-state index in [-0.39, 0.29) is 65.5 Å². The van der Waals surface area contributed by atoms with E-state index in [2.05, 4.69) is 67.8 Å². The van der Waals surface area contributed by atoms with Crippen molar-refractivity contribution >= 4 is 58.2 Å². The van der Waals surface area contributed by atoms with Gasteiger partial charge in [0.1, 0.15) is 40.9 Å². The van der Waals surface area contributed by atoms with Crippen LogP contribution in [0.15, 0.2) is 88.8 Å². The number of alkyl halides is 6. The SMILES string of the molecule is CC(C)(C)c1cc(NC(=O)n2nc(-c3ccc(F)c(F)c3)c3c2CCOC3)no1.CC(C)(C)c1csc(NC(=O)n2nc(-c3ccc(F)c(F)c3)c3c2CCOC3)n1.CNC(=O)[C@@H](NC(=O)n1nc(-c2cc(C(F)(F)F)ccc2F)c2c1CCN(C)C2)C(C)(C)C.CNC(=O)[C@@H](NC(=O)n1nc(-c2cc(C(F)(F)F)ccc2F)c2c1CCNC2)C(C)(C)C. The number of fused-ring (bicyclic) bond motifs is 4. The summed E-state index contributed by atoms with van der Waals surface area (Å²) >= 11 is 1.34. The maximum atomic E-state index is 14.7. The zero-order valence-electron chi connectivity index (χ0n) is 69.8. The molecule has 2 atom stereocenters. The van der Waals surface area contributed by atoms with E-state index in [1.54, 1.807) is 47.6 Å². The number of halogens is 12. The summed E-state index contributed by atoms with van der Waals surface area (Å²) in [7, 11) is 4.71. The number of hydrogen-bond donors (Lipinski definition) is 7. The van der Waals surface area contributed by atoms with Crippen molar-refractivity contribution in [2.24, 2.45) is 10.8 Å². The van der Waals surface area contributed by atoms with Gasteiger partial charge in [0.15, 0.2) is 34.2 Å². The van der Waals surface area contributed by atoms with Crippen molar-refractivity contribution in [2.45, 2.75) is 170 Å². The van der Waals surface area contributed by atoms with Crippen LogP contribution in [0.5, 0.6) is 0 Å². The molecule has 10 heterocycles. The van der Waals surface area contributed by atoms with Crippen molar-refractivity contribution in [3.8, 4) is 45.0 Å². The lowest BCUT2D eigenvalue weighted by Gasteiger charge is -2.30. The lowest BCUT2D eigenvalue weighted by atomic mass is 9.86. The van der Waals surface area contributed by atoms with E-state index in [4.69, 9.17) is 14.0 Å². The van der Waals surface area contributed by atoms with E-state index >= 15 is 0 Å². The number of amides is 6. The Morgan fingerprint density at radius 1 is 0.488 bits per heavy atom. The smallest absolute Gasteiger partial charge is 0.376 e. The minimum atomic E-state index is -4.66. The number of aromatic nitrogens is 10. The molecule has 0 spiro atoms. The minimum absolute atomic E-state index is 0.0254. The Bertz CT molecular complexity index is 5470. The molecule has 0 saturated carbocycles. The Kier molecular flexibility index (Phi) is 27.3. The molecule has 27 nitrogen and oxygen atoms in total. The van der Waals surface area contributed by atoms with Gasteiger partial charge in [0.05, 0.1) is 77.4 Å². The average molecular weight is 1750 g/mol. The standard InChI is InChI=1S/C22H27F4N5O2.C21H25F4N5O2.C20H20F2N4O3.C20H20F2N4O2S/c1-21(2,3)18(19(32)27-4)28-20(33)31-16-8-9-30(5)11-14(16)17(29-31)13-10-12(22(24,25)26)6-7-15(13)23;1-20(2,3)17(18(31)26-4)28-19(32)30-15-7-8-27-10-13(15)16(29-30)12-9-11(21(23,24)25)5-6-14(12)22;1-20(2,3)16-9-17(25-29-16)23-19(27)26-15-6-7-28-10-12(15)18(24-26)11-4-5-13(21)14(22)8-11;1-20(2,3)16-10-29-18(23-16)24-19(27)26-15-6-7-28-9-12(15)17(25-26)11-4-5-13(21)14(22)8-11/h6-7,10,18H,8-9,11H2,1-5H3,(H,27,32)(H,28,33);5-6,9,17,27H,7-8,10H2,1-4H3,(H,26,31)(H,28,32);4-5,8-9H,6-7,10H2,1-3H3,(H,23,25,27);4-5,8,10H,6-7,9H2,1-3H3,(H,23,24,27)/t18-;17-;;/m11../s1. The zero-order chi connectivity index (χ0) is 90.1. The van der Waals surface area contributed by atoms with Gasteiger partial charge in [0.25, 0.3) is 0 Å². The highest BCUT2D eigenvalue weighted by Gasteiger charge is 2.40. The van der Waals surface area contributed by atoms with Crippen LogP contribution in [0, 0.1) is 45.7 Å². The average Bonchev–Trinajstić information content (AvgIpc) is 1.37. The van der Waals surface area contributed by atoms with Crippen LogP contribution in [0.1, 0.15) is 151 Å². The maximum absolute atomic E-state index is 14.7. The number of thiazole rings is 1. The molecule has 0 aliphatic carbocycles. The summed E-state index contributed by atoms with van der Waals surface area (Å²) in [6.45, 7) is 25.7. The van der Waals surface area contributed by atoms with E-state index < -0.39 is 117 Å². The normalized spacial score (nSPS) is 14.7. The van der Waals surface area contributed by atoms with Crippen LogP contribution < -0.4 is 37.2 Å². The van der Waals surface area contributed by atoms with E-state index in [0.29, 0.717) is 155 Å². The Balaban J connectivity index is 0.000000160. The van der Waals surface area contributed by atoms with Gasteiger partial charge in [-0.05, 0) is 90.7 Å². The molecule has 658 valence electrons. The first-order valence-corrected chi connectivity index (χ1v) is 39.7. The lowest BCUT2D eigenvalue weighted by molar-refractivity contribution is -0.138. The van der Waals surface area contributed by atoms with Gasteiger partial charge in [-0.25, -0.2) is 50.5 Å².